The first kappa shape index (κ1) is 15.4. The summed E-state index contributed by atoms with van der Waals surface area (Å²) in [6.07, 6.45) is 0. The van der Waals surface area contributed by atoms with Crippen molar-refractivity contribution in [3.63, 3.8) is 0 Å². The largest absolute Gasteiger partial charge is 0.372 e. The van der Waals surface area contributed by atoms with Crippen molar-refractivity contribution in [2.75, 3.05) is 19.8 Å². The minimum absolute atomic E-state index is 0.0260. The zero-order chi connectivity index (χ0) is 14.9. The predicted octanol–water partition coefficient (Wildman–Crippen LogP) is 2.98. The van der Waals surface area contributed by atoms with Gasteiger partial charge < -0.3 is 10.1 Å². The summed E-state index contributed by atoms with van der Waals surface area (Å²) < 4.78 is 5.41. The van der Waals surface area contributed by atoms with Crippen molar-refractivity contribution in [3.8, 4) is 0 Å². The second-order valence-electron chi connectivity index (χ2n) is 5.00. The highest BCUT2D eigenvalue weighted by Crippen LogP contribution is 2.04. The first-order valence-electron chi connectivity index (χ1n) is 7.18. The molecule has 3 nitrogen and oxygen atoms in total. The van der Waals surface area contributed by atoms with E-state index in [1.807, 2.05) is 49.4 Å². The van der Waals surface area contributed by atoms with Gasteiger partial charge in [-0.05, 0) is 12.5 Å². The Hall–Kier alpha value is -1.97. The summed E-state index contributed by atoms with van der Waals surface area (Å²) in [7, 11) is 0. The van der Waals surface area contributed by atoms with Crippen LogP contribution in [0, 0.1) is 6.92 Å². The van der Waals surface area contributed by atoms with Gasteiger partial charge in [0.1, 0.15) is 6.61 Å². The standard InChI is InChI=1S/C18H21NO2/c1-15-7-9-17(10-8-15)18(20)14-21-12-11-19-13-16-5-3-2-4-6-16/h2-10,19H,11-14H2,1H3. The van der Waals surface area contributed by atoms with E-state index in [2.05, 4.69) is 17.4 Å². The topological polar surface area (TPSA) is 38.3 Å². The van der Waals surface area contributed by atoms with Crippen LogP contribution in [0.4, 0.5) is 0 Å². The number of Topliss-reactive ketones (excluding diaryl/α,β-unsaturated/α-hetero) is 1. The van der Waals surface area contributed by atoms with Gasteiger partial charge in [0.25, 0.3) is 0 Å². The number of benzene rings is 2. The molecule has 0 saturated heterocycles. The van der Waals surface area contributed by atoms with E-state index in [4.69, 9.17) is 4.74 Å². The summed E-state index contributed by atoms with van der Waals surface area (Å²) in [4.78, 5) is 11.9. The van der Waals surface area contributed by atoms with Gasteiger partial charge >= 0.3 is 0 Å². The van der Waals surface area contributed by atoms with Gasteiger partial charge in [-0.25, -0.2) is 0 Å². The molecule has 110 valence electrons. The first-order valence-corrected chi connectivity index (χ1v) is 7.18. The van der Waals surface area contributed by atoms with Crippen molar-refractivity contribution in [1.29, 1.82) is 0 Å². The SMILES string of the molecule is Cc1ccc(C(=O)COCCNCc2ccccc2)cc1. The molecule has 0 amide bonds. The molecule has 0 aliphatic carbocycles. The van der Waals surface area contributed by atoms with Crippen LogP contribution in [0.5, 0.6) is 0 Å². The highest BCUT2D eigenvalue weighted by Gasteiger charge is 2.04. The number of carbonyl (C=O) groups excluding carboxylic acids is 1. The molecule has 2 aromatic rings. The number of hydrogen-bond donors (Lipinski definition) is 1. The summed E-state index contributed by atoms with van der Waals surface area (Å²) >= 11 is 0. The van der Waals surface area contributed by atoms with E-state index in [1.54, 1.807) is 0 Å². The quantitative estimate of drug-likeness (QED) is 0.598. The van der Waals surface area contributed by atoms with Gasteiger partial charge in [0.05, 0.1) is 6.61 Å². The molecule has 2 rings (SSSR count). The number of carbonyl (C=O) groups is 1. The molecule has 0 atom stereocenters. The molecule has 0 aliphatic heterocycles. The lowest BCUT2D eigenvalue weighted by Crippen LogP contribution is -2.21. The van der Waals surface area contributed by atoms with Gasteiger partial charge in [0, 0.05) is 18.7 Å². The third-order valence-corrected chi connectivity index (χ3v) is 3.20. The Morgan fingerprint density at radius 3 is 2.48 bits per heavy atom. The minimum atomic E-state index is 0.0260. The molecule has 0 fully saturated rings. The van der Waals surface area contributed by atoms with Gasteiger partial charge in [-0.3, -0.25) is 4.79 Å². The fourth-order valence-corrected chi connectivity index (χ4v) is 1.96. The average Bonchev–Trinajstić information content (AvgIpc) is 2.52. The predicted molar refractivity (Wildman–Crippen MR) is 84.5 cm³/mol. The molecule has 0 aromatic heterocycles. The molecular weight excluding hydrogens is 262 g/mol. The number of ether oxygens (including phenoxy) is 1. The van der Waals surface area contributed by atoms with Gasteiger partial charge in [0.2, 0.25) is 0 Å². The van der Waals surface area contributed by atoms with E-state index < -0.39 is 0 Å². The van der Waals surface area contributed by atoms with Crippen LogP contribution < -0.4 is 5.32 Å². The molecule has 0 radical (unpaired) electrons. The highest BCUT2D eigenvalue weighted by molar-refractivity contribution is 5.97. The summed E-state index contributed by atoms with van der Waals surface area (Å²) in [6.45, 7) is 4.22. The van der Waals surface area contributed by atoms with Crippen molar-refractivity contribution >= 4 is 5.78 Å². The van der Waals surface area contributed by atoms with E-state index >= 15 is 0 Å². The van der Waals surface area contributed by atoms with E-state index in [1.165, 1.54) is 5.56 Å². The van der Waals surface area contributed by atoms with Crippen LogP contribution in [0.15, 0.2) is 54.6 Å². The van der Waals surface area contributed by atoms with E-state index in [0.717, 1.165) is 18.7 Å². The zero-order valence-electron chi connectivity index (χ0n) is 12.3. The third-order valence-electron chi connectivity index (χ3n) is 3.20. The Balaban J connectivity index is 1.59. The summed E-state index contributed by atoms with van der Waals surface area (Å²) in [6, 6.07) is 17.8. The Labute approximate surface area is 126 Å². The first-order chi connectivity index (χ1) is 10.3. The van der Waals surface area contributed by atoms with Gasteiger partial charge in [0.15, 0.2) is 5.78 Å². The molecule has 0 aliphatic rings. The minimum Gasteiger partial charge on any atom is -0.372 e. The van der Waals surface area contributed by atoms with Crippen molar-refractivity contribution in [2.24, 2.45) is 0 Å². The van der Waals surface area contributed by atoms with E-state index in [-0.39, 0.29) is 12.4 Å². The van der Waals surface area contributed by atoms with Gasteiger partial charge in [-0.15, -0.1) is 0 Å². The molecule has 0 unspecified atom stereocenters. The number of nitrogens with one attached hydrogen (secondary N) is 1. The van der Waals surface area contributed by atoms with Crippen molar-refractivity contribution in [1.82, 2.24) is 5.32 Å². The van der Waals surface area contributed by atoms with E-state index in [9.17, 15) is 4.79 Å². The molecule has 3 heteroatoms. The number of aryl methyl sites for hydroxylation is 1. The number of rotatable bonds is 8. The fourth-order valence-electron chi connectivity index (χ4n) is 1.96. The number of ketones is 1. The Kier molecular flexibility index (Phi) is 6.13. The highest BCUT2D eigenvalue weighted by atomic mass is 16.5. The van der Waals surface area contributed by atoms with Crippen molar-refractivity contribution in [3.05, 3.63) is 71.3 Å². The summed E-state index contributed by atoms with van der Waals surface area (Å²) in [5, 5.41) is 3.29. The Morgan fingerprint density at radius 1 is 1.05 bits per heavy atom. The van der Waals surface area contributed by atoms with Crippen LogP contribution in [0.1, 0.15) is 21.5 Å². The molecule has 0 heterocycles. The normalized spacial score (nSPS) is 10.5. The monoisotopic (exact) mass is 283 g/mol. The molecule has 0 saturated carbocycles. The zero-order valence-corrected chi connectivity index (χ0v) is 12.3. The smallest absolute Gasteiger partial charge is 0.188 e. The van der Waals surface area contributed by atoms with Crippen LogP contribution in [0.25, 0.3) is 0 Å². The van der Waals surface area contributed by atoms with Crippen LogP contribution >= 0.6 is 0 Å². The molecule has 21 heavy (non-hydrogen) atoms. The van der Waals surface area contributed by atoms with Crippen LogP contribution in [0.2, 0.25) is 0 Å². The van der Waals surface area contributed by atoms with Gasteiger partial charge in [-0.1, -0.05) is 60.2 Å². The maximum absolute atomic E-state index is 11.9. The lowest BCUT2D eigenvalue weighted by Gasteiger charge is -2.06. The lowest BCUT2D eigenvalue weighted by molar-refractivity contribution is 0.0764. The Bertz CT molecular complexity index is 549. The van der Waals surface area contributed by atoms with Crippen molar-refractivity contribution < 1.29 is 9.53 Å². The maximum Gasteiger partial charge on any atom is 0.188 e. The molecule has 2 aromatic carbocycles. The summed E-state index contributed by atoms with van der Waals surface area (Å²) in [5.41, 5.74) is 3.10. The van der Waals surface area contributed by atoms with Crippen LogP contribution in [-0.4, -0.2) is 25.5 Å². The summed E-state index contributed by atoms with van der Waals surface area (Å²) in [5.74, 6) is 0.0260. The van der Waals surface area contributed by atoms with Crippen molar-refractivity contribution in [2.45, 2.75) is 13.5 Å². The molecule has 0 spiro atoms. The van der Waals surface area contributed by atoms with Crippen LogP contribution in [0.3, 0.4) is 0 Å². The fraction of sp³-hybridized carbons (Fsp3) is 0.278. The average molecular weight is 283 g/mol. The van der Waals surface area contributed by atoms with Crippen LogP contribution in [-0.2, 0) is 11.3 Å². The van der Waals surface area contributed by atoms with E-state index in [0.29, 0.717) is 12.2 Å². The molecule has 0 bridgehead atoms. The van der Waals surface area contributed by atoms with Gasteiger partial charge in [-0.2, -0.15) is 0 Å². The second kappa shape index (κ2) is 8.35. The second-order valence-corrected chi connectivity index (χ2v) is 5.00. The molecular formula is C18H21NO2. The molecule has 1 N–H and O–H groups in total. The maximum atomic E-state index is 11.9. The third kappa shape index (κ3) is 5.50. The number of hydrogen-bond acceptors (Lipinski definition) is 3. The lowest BCUT2D eigenvalue weighted by atomic mass is 10.1. The Morgan fingerprint density at radius 2 is 1.76 bits per heavy atom.